The van der Waals surface area contributed by atoms with Crippen molar-refractivity contribution in [3.8, 4) is 0 Å². The van der Waals surface area contributed by atoms with Gasteiger partial charge in [-0.2, -0.15) is 0 Å². The summed E-state index contributed by atoms with van der Waals surface area (Å²) in [5, 5.41) is 4.25. The molecule has 5 nitrogen and oxygen atoms in total. The fraction of sp³-hybridized carbons (Fsp3) is 0.600. The Hall–Kier alpha value is -1.24. The molecule has 1 N–H and O–H groups in total. The Morgan fingerprint density at radius 1 is 1.38 bits per heavy atom. The molecule has 1 aromatic carbocycles. The van der Waals surface area contributed by atoms with Crippen LogP contribution in [-0.2, 0) is 6.54 Å². The monoisotopic (exact) mass is 420 g/mol. The van der Waals surface area contributed by atoms with Gasteiger partial charge in [0, 0.05) is 30.1 Å². The highest BCUT2D eigenvalue weighted by Crippen LogP contribution is 2.27. The lowest BCUT2D eigenvalue weighted by atomic mass is 10.1. The van der Waals surface area contributed by atoms with E-state index in [4.69, 9.17) is 4.98 Å². The molecule has 1 aliphatic rings. The van der Waals surface area contributed by atoms with Gasteiger partial charge in [0.15, 0.2) is 0 Å². The van der Waals surface area contributed by atoms with Gasteiger partial charge in [-0.15, -0.1) is 0 Å². The quantitative estimate of drug-likeness (QED) is 0.800. The maximum absolute atomic E-state index is 13.1. The van der Waals surface area contributed by atoms with E-state index in [1.165, 1.54) is 0 Å². The number of hydrogen-bond donors (Lipinski definition) is 1. The van der Waals surface area contributed by atoms with Crippen LogP contribution in [-0.4, -0.2) is 40.1 Å². The van der Waals surface area contributed by atoms with Gasteiger partial charge >= 0.3 is 0 Å². The summed E-state index contributed by atoms with van der Waals surface area (Å²) in [5.41, 5.74) is 0.857. The minimum atomic E-state index is 0.0656. The van der Waals surface area contributed by atoms with Gasteiger partial charge in [-0.25, -0.2) is 4.98 Å². The van der Waals surface area contributed by atoms with Crippen LogP contribution in [0.25, 0.3) is 10.9 Å². The topological polar surface area (TPSA) is 50.2 Å². The van der Waals surface area contributed by atoms with Crippen LogP contribution in [0.2, 0.25) is 0 Å². The first-order valence-electron chi connectivity index (χ1n) is 9.72. The van der Waals surface area contributed by atoms with Gasteiger partial charge in [0.25, 0.3) is 5.56 Å². The molecule has 1 saturated heterocycles. The molecule has 0 radical (unpaired) electrons. The molecule has 0 bridgehead atoms. The molecule has 0 unspecified atom stereocenters. The highest BCUT2D eigenvalue weighted by atomic mass is 79.9. The summed E-state index contributed by atoms with van der Waals surface area (Å²) in [6.45, 7) is 10.2. The predicted molar refractivity (Wildman–Crippen MR) is 111 cm³/mol. The molecular weight excluding hydrogens is 392 g/mol. The van der Waals surface area contributed by atoms with Crippen molar-refractivity contribution in [3.63, 3.8) is 0 Å². The Morgan fingerprint density at radius 3 is 2.92 bits per heavy atom. The maximum Gasteiger partial charge on any atom is 0.261 e. The summed E-state index contributed by atoms with van der Waals surface area (Å²) in [4.78, 5) is 20.6. The van der Waals surface area contributed by atoms with Crippen LogP contribution in [0.4, 0.5) is 0 Å². The highest BCUT2D eigenvalue weighted by molar-refractivity contribution is 9.10. The van der Waals surface area contributed by atoms with Crippen molar-refractivity contribution in [1.82, 2.24) is 19.8 Å². The molecule has 142 valence electrons. The van der Waals surface area contributed by atoms with E-state index in [-0.39, 0.29) is 11.6 Å². The number of nitrogens with zero attached hydrogens (tertiary/aromatic N) is 3. The average molecular weight is 421 g/mol. The van der Waals surface area contributed by atoms with Gasteiger partial charge in [0.2, 0.25) is 0 Å². The summed E-state index contributed by atoms with van der Waals surface area (Å²) >= 11 is 3.47. The zero-order valence-electron chi connectivity index (χ0n) is 16.0. The fourth-order valence-corrected chi connectivity index (χ4v) is 4.30. The van der Waals surface area contributed by atoms with Crippen LogP contribution in [0, 0.1) is 0 Å². The summed E-state index contributed by atoms with van der Waals surface area (Å²) in [7, 11) is 0. The predicted octanol–water partition coefficient (Wildman–Crippen LogP) is 3.70. The first-order valence-corrected chi connectivity index (χ1v) is 10.5. The molecule has 0 aliphatic carbocycles. The number of aromatic nitrogens is 2. The lowest BCUT2D eigenvalue weighted by Gasteiger charge is -2.32. The van der Waals surface area contributed by atoms with E-state index in [1.807, 2.05) is 29.7 Å². The van der Waals surface area contributed by atoms with Gasteiger partial charge in [0.1, 0.15) is 5.82 Å². The smallest absolute Gasteiger partial charge is 0.261 e. The Bertz CT molecular complexity index is 819. The molecule has 0 spiro atoms. The van der Waals surface area contributed by atoms with Crippen LogP contribution < -0.4 is 10.9 Å². The van der Waals surface area contributed by atoms with E-state index in [9.17, 15) is 4.79 Å². The molecular formula is C20H29BrN4O. The van der Waals surface area contributed by atoms with E-state index in [1.54, 1.807) is 0 Å². The van der Waals surface area contributed by atoms with Crippen molar-refractivity contribution >= 4 is 26.8 Å². The van der Waals surface area contributed by atoms with Gasteiger partial charge in [-0.05, 0) is 51.4 Å². The number of benzene rings is 1. The number of nitrogens with one attached hydrogen (secondary N) is 1. The van der Waals surface area contributed by atoms with Crippen molar-refractivity contribution in [1.29, 1.82) is 0 Å². The van der Waals surface area contributed by atoms with E-state index < -0.39 is 0 Å². The van der Waals surface area contributed by atoms with Crippen molar-refractivity contribution in [2.24, 2.45) is 0 Å². The molecule has 2 heterocycles. The third-order valence-electron chi connectivity index (χ3n) is 5.19. The molecule has 1 fully saturated rings. The van der Waals surface area contributed by atoms with E-state index in [0.29, 0.717) is 18.0 Å². The standard InChI is InChI=1S/C20H29BrN4O/c1-4-7-18(24-11-6-10-22-14(3)13-24)19-23-17-9-8-15(21)12-16(17)20(26)25(19)5-2/h8-9,12,14,18,22H,4-7,10-11,13H2,1-3H3/t14-,18+/m0/s1. The summed E-state index contributed by atoms with van der Waals surface area (Å²) in [5.74, 6) is 0.920. The molecule has 1 aliphatic heterocycles. The SMILES string of the molecule is CCC[C@H](c1nc2ccc(Br)cc2c(=O)n1CC)N1CCCN[C@@H](C)C1. The molecule has 6 heteroatoms. The Labute approximate surface area is 163 Å². The van der Waals surface area contributed by atoms with Crippen LogP contribution in [0.5, 0.6) is 0 Å². The van der Waals surface area contributed by atoms with Gasteiger partial charge in [-0.3, -0.25) is 14.3 Å². The summed E-state index contributed by atoms with van der Waals surface area (Å²) in [6, 6.07) is 6.42. The Kier molecular flexibility index (Phi) is 6.48. The lowest BCUT2D eigenvalue weighted by Crippen LogP contribution is -2.40. The zero-order chi connectivity index (χ0) is 18.7. The average Bonchev–Trinajstić information content (AvgIpc) is 2.84. The first kappa shape index (κ1) is 19.5. The number of fused-ring (bicyclic) bond motifs is 1. The van der Waals surface area contributed by atoms with E-state index >= 15 is 0 Å². The maximum atomic E-state index is 13.1. The Morgan fingerprint density at radius 2 is 2.19 bits per heavy atom. The molecule has 1 aromatic heterocycles. The third-order valence-corrected chi connectivity index (χ3v) is 5.68. The summed E-state index contributed by atoms with van der Waals surface area (Å²) in [6.07, 6.45) is 3.21. The van der Waals surface area contributed by atoms with Crippen molar-refractivity contribution in [2.75, 3.05) is 19.6 Å². The highest BCUT2D eigenvalue weighted by Gasteiger charge is 2.27. The van der Waals surface area contributed by atoms with E-state index in [0.717, 1.165) is 54.7 Å². The second-order valence-corrected chi connectivity index (χ2v) is 8.10. The molecule has 0 amide bonds. The summed E-state index contributed by atoms with van der Waals surface area (Å²) < 4.78 is 2.79. The van der Waals surface area contributed by atoms with Crippen molar-refractivity contribution in [3.05, 3.63) is 38.9 Å². The van der Waals surface area contributed by atoms with Crippen LogP contribution >= 0.6 is 15.9 Å². The first-order chi connectivity index (χ1) is 12.5. The second kappa shape index (κ2) is 8.63. The van der Waals surface area contributed by atoms with E-state index in [2.05, 4.69) is 40.0 Å². The molecule has 26 heavy (non-hydrogen) atoms. The van der Waals surface area contributed by atoms with Gasteiger partial charge < -0.3 is 5.32 Å². The van der Waals surface area contributed by atoms with Gasteiger partial charge in [-0.1, -0.05) is 29.3 Å². The second-order valence-electron chi connectivity index (χ2n) is 7.19. The lowest BCUT2D eigenvalue weighted by molar-refractivity contribution is 0.174. The van der Waals surface area contributed by atoms with Crippen LogP contribution in [0.3, 0.4) is 0 Å². The fourth-order valence-electron chi connectivity index (χ4n) is 3.94. The largest absolute Gasteiger partial charge is 0.313 e. The number of hydrogen-bond acceptors (Lipinski definition) is 4. The molecule has 2 atom stereocenters. The minimum Gasteiger partial charge on any atom is -0.313 e. The van der Waals surface area contributed by atoms with Crippen LogP contribution in [0.1, 0.15) is 51.9 Å². The van der Waals surface area contributed by atoms with Crippen LogP contribution in [0.15, 0.2) is 27.5 Å². The number of rotatable bonds is 5. The Balaban J connectivity index is 2.12. The van der Waals surface area contributed by atoms with Crippen molar-refractivity contribution in [2.45, 2.75) is 58.7 Å². The third kappa shape index (κ3) is 4.02. The number of halogens is 1. The van der Waals surface area contributed by atoms with Crippen molar-refractivity contribution < 1.29 is 0 Å². The minimum absolute atomic E-state index is 0.0656. The normalized spacial score (nSPS) is 20.2. The molecule has 0 saturated carbocycles. The zero-order valence-corrected chi connectivity index (χ0v) is 17.6. The molecule has 3 rings (SSSR count). The van der Waals surface area contributed by atoms with Gasteiger partial charge in [0.05, 0.1) is 16.9 Å². The molecule has 2 aromatic rings.